The molecule has 0 amide bonds. The van der Waals surface area contributed by atoms with Crippen LogP contribution >= 0.6 is 0 Å². The van der Waals surface area contributed by atoms with E-state index in [2.05, 4.69) is 11.7 Å². The van der Waals surface area contributed by atoms with Gasteiger partial charge in [-0.2, -0.15) is 0 Å². The summed E-state index contributed by atoms with van der Waals surface area (Å²) in [6, 6.07) is 0. The van der Waals surface area contributed by atoms with Crippen LogP contribution in [0.3, 0.4) is 0 Å². The standard InChI is InChI=1S/C15H30O3/c1-3-4-5-6-7-8-9-10-11-12-13-14(2)18-15(16)17/h14H,3-13H2,1-2H3,(H,16,17)/p-1. The van der Waals surface area contributed by atoms with E-state index in [0.29, 0.717) is 0 Å². The minimum atomic E-state index is -1.41. The van der Waals surface area contributed by atoms with Gasteiger partial charge in [-0.05, 0) is 13.3 Å². The van der Waals surface area contributed by atoms with Crippen molar-refractivity contribution in [1.29, 1.82) is 0 Å². The van der Waals surface area contributed by atoms with Crippen molar-refractivity contribution < 1.29 is 14.6 Å². The molecule has 1 atom stereocenters. The Balaban J connectivity index is 3.09. The van der Waals surface area contributed by atoms with Crippen molar-refractivity contribution in [3.05, 3.63) is 0 Å². The second-order valence-electron chi connectivity index (χ2n) is 5.15. The van der Waals surface area contributed by atoms with E-state index in [1.807, 2.05) is 0 Å². The van der Waals surface area contributed by atoms with Crippen LogP contribution < -0.4 is 5.11 Å². The molecule has 18 heavy (non-hydrogen) atoms. The average molecular weight is 257 g/mol. The van der Waals surface area contributed by atoms with Crippen LogP contribution in [-0.2, 0) is 4.74 Å². The molecule has 0 heterocycles. The van der Waals surface area contributed by atoms with E-state index in [-0.39, 0.29) is 6.10 Å². The van der Waals surface area contributed by atoms with Crippen molar-refractivity contribution in [3.8, 4) is 0 Å². The van der Waals surface area contributed by atoms with Crippen LogP contribution in [0.1, 0.15) is 84.5 Å². The van der Waals surface area contributed by atoms with Gasteiger partial charge in [0, 0.05) is 6.10 Å². The first-order valence-electron chi connectivity index (χ1n) is 7.54. The molecule has 3 nitrogen and oxygen atoms in total. The summed E-state index contributed by atoms with van der Waals surface area (Å²) in [5.74, 6) is 0. The number of carboxylic acid groups (broad SMARTS) is 1. The lowest BCUT2D eigenvalue weighted by Crippen LogP contribution is -2.27. The van der Waals surface area contributed by atoms with Gasteiger partial charge in [0.15, 0.2) is 0 Å². The van der Waals surface area contributed by atoms with Crippen molar-refractivity contribution in [2.24, 2.45) is 0 Å². The van der Waals surface area contributed by atoms with Crippen LogP contribution in [0, 0.1) is 0 Å². The Bertz CT molecular complexity index is 192. The molecule has 0 spiro atoms. The van der Waals surface area contributed by atoms with Crippen LogP contribution in [-0.4, -0.2) is 12.3 Å². The van der Waals surface area contributed by atoms with Crippen LogP contribution in [0.25, 0.3) is 0 Å². The summed E-state index contributed by atoms with van der Waals surface area (Å²) in [6.07, 6.45) is 12.1. The first kappa shape index (κ1) is 17.3. The van der Waals surface area contributed by atoms with Gasteiger partial charge in [0.1, 0.15) is 0 Å². The Morgan fingerprint density at radius 2 is 1.39 bits per heavy atom. The minimum absolute atomic E-state index is 0.218. The topological polar surface area (TPSA) is 49.4 Å². The Morgan fingerprint density at radius 3 is 1.83 bits per heavy atom. The zero-order valence-electron chi connectivity index (χ0n) is 12.1. The summed E-state index contributed by atoms with van der Waals surface area (Å²) in [4.78, 5) is 10.2. The van der Waals surface area contributed by atoms with E-state index in [0.717, 1.165) is 12.8 Å². The van der Waals surface area contributed by atoms with Gasteiger partial charge in [-0.25, -0.2) is 0 Å². The summed E-state index contributed by atoms with van der Waals surface area (Å²) in [5.41, 5.74) is 0. The zero-order chi connectivity index (χ0) is 13.6. The molecule has 0 saturated carbocycles. The Hall–Kier alpha value is -0.730. The number of unbranched alkanes of at least 4 members (excludes halogenated alkanes) is 9. The smallest absolute Gasteiger partial charge is 0.252 e. The van der Waals surface area contributed by atoms with Gasteiger partial charge < -0.3 is 14.6 Å². The van der Waals surface area contributed by atoms with Gasteiger partial charge in [-0.1, -0.05) is 71.1 Å². The normalized spacial score (nSPS) is 12.3. The first-order valence-corrected chi connectivity index (χ1v) is 7.54. The monoisotopic (exact) mass is 257 g/mol. The van der Waals surface area contributed by atoms with Crippen molar-refractivity contribution >= 4 is 6.16 Å². The van der Waals surface area contributed by atoms with Crippen LogP contribution in [0.15, 0.2) is 0 Å². The van der Waals surface area contributed by atoms with Crippen molar-refractivity contribution in [2.45, 2.75) is 90.6 Å². The summed E-state index contributed by atoms with van der Waals surface area (Å²) >= 11 is 0. The lowest BCUT2D eigenvalue weighted by molar-refractivity contribution is -0.287. The summed E-state index contributed by atoms with van der Waals surface area (Å²) in [5, 5.41) is 10.2. The van der Waals surface area contributed by atoms with Crippen LogP contribution in [0.4, 0.5) is 4.79 Å². The lowest BCUT2D eigenvalue weighted by atomic mass is 10.1. The second kappa shape index (κ2) is 12.7. The molecule has 0 aliphatic carbocycles. The molecule has 0 aliphatic heterocycles. The number of ether oxygens (including phenoxy) is 1. The van der Waals surface area contributed by atoms with Crippen LogP contribution in [0.2, 0.25) is 0 Å². The molecular formula is C15H29O3-. The fraction of sp³-hybridized carbons (Fsp3) is 0.933. The summed E-state index contributed by atoms with van der Waals surface area (Å²) < 4.78 is 4.54. The number of carbonyl (C=O) groups excluding carboxylic acids is 1. The minimum Gasteiger partial charge on any atom is -0.547 e. The van der Waals surface area contributed by atoms with Crippen molar-refractivity contribution in [3.63, 3.8) is 0 Å². The molecule has 0 bridgehead atoms. The van der Waals surface area contributed by atoms with E-state index in [1.165, 1.54) is 57.8 Å². The van der Waals surface area contributed by atoms with E-state index >= 15 is 0 Å². The Labute approximate surface area is 112 Å². The molecule has 0 fully saturated rings. The molecular weight excluding hydrogens is 228 g/mol. The first-order chi connectivity index (χ1) is 8.66. The molecule has 0 saturated heterocycles. The third kappa shape index (κ3) is 13.3. The van der Waals surface area contributed by atoms with Gasteiger partial charge in [-0.15, -0.1) is 0 Å². The zero-order valence-corrected chi connectivity index (χ0v) is 12.1. The number of rotatable bonds is 12. The number of carbonyl (C=O) groups is 1. The highest BCUT2D eigenvalue weighted by atomic mass is 16.7. The van der Waals surface area contributed by atoms with E-state index in [4.69, 9.17) is 0 Å². The molecule has 0 aliphatic rings. The highest BCUT2D eigenvalue weighted by Crippen LogP contribution is 2.12. The molecule has 108 valence electrons. The van der Waals surface area contributed by atoms with Crippen molar-refractivity contribution in [2.75, 3.05) is 0 Å². The fourth-order valence-corrected chi connectivity index (χ4v) is 2.14. The molecule has 0 aromatic rings. The average Bonchev–Trinajstić information content (AvgIpc) is 2.30. The summed E-state index contributed by atoms with van der Waals surface area (Å²) in [6.45, 7) is 4.02. The van der Waals surface area contributed by atoms with E-state index in [1.54, 1.807) is 6.92 Å². The fourth-order valence-electron chi connectivity index (χ4n) is 2.14. The van der Waals surface area contributed by atoms with Gasteiger partial charge >= 0.3 is 0 Å². The Kier molecular flexibility index (Phi) is 12.2. The van der Waals surface area contributed by atoms with E-state index < -0.39 is 6.16 Å². The lowest BCUT2D eigenvalue weighted by Gasteiger charge is -2.16. The molecule has 3 heteroatoms. The Morgan fingerprint density at radius 1 is 0.944 bits per heavy atom. The molecule has 0 aromatic heterocycles. The molecule has 0 radical (unpaired) electrons. The van der Waals surface area contributed by atoms with Crippen molar-refractivity contribution in [1.82, 2.24) is 0 Å². The summed E-state index contributed by atoms with van der Waals surface area (Å²) in [7, 11) is 0. The molecule has 0 N–H and O–H groups in total. The third-order valence-electron chi connectivity index (χ3n) is 3.26. The third-order valence-corrected chi connectivity index (χ3v) is 3.26. The molecule has 0 aromatic carbocycles. The highest BCUT2D eigenvalue weighted by molar-refractivity contribution is 5.54. The van der Waals surface area contributed by atoms with Gasteiger partial charge in [0.05, 0.1) is 0 Å². The maximum Gasteiger partial charge on any atom is 0.252 e. The second-order valence-corrected chi connectivity index (χ2v) is 5.15. The maximum atomic E-state index is 10.2. The van der Waals surface area contributed by atoms with Crippen LogP contribution in [0.5, 0.6) is 0 Å². The molecule has 1 unspecified atom stereocenters. The van der Waals surface area contributed by atoms with Gasteiger partial charge in [-0.3, -0.25) is 0 Å². The SMILES string of the molecule is CCCCCCCCCCCCC(C)OC(=O)[O-]. The predicted molar refractivity (Wildman–Crippen MR) is 72.4 cm³/mol. The predicted octanol–water partition coefficient (Wildman–Crippen LogP) is 4.05. The maximum absolute atomic E-state index is 10.2. The molecule has 0 rings (SSSR count). The van der Waals surface area contributed by atoms with Gasteiger partial charge in [0.25, 0.3) is 6.16 Å². The number of hydrogen-bond acceptors (Lipinski definition) is 3. The largest absolute Gasteiger partial charge is 0.547 e. The van der Waals surface area contributed by atoms with Gasteiger partial charge in [0.2, 0.25) is 0 Å². The highest BCUT2D eigenvalue weighted by Gasteiger charge is 1.99. The number of hydrogen-bond donors (Lipinski definition) is 0. The quantitative estimate of drug-likeness (QED) is 0.391. The van der Waals surface area contributed by atoms with E-state index in [9.17, 15) is 9.90 Å².